The van der Waals surface area contributed by atoms with Crippen LogP contribution in [0.25, 0.3) is 0 Å². The first-order valence-electron chi connectivity index (χ1n) is 7.83. The van der Waals surface area contributed by atoms with E-state index in [2.05, 4.69) is 31.3 Å². The van der Waals surface area contributed by atoms with Gasteiger partial charge in [0.25, 0.3) is 0 Å². The molecule has 1 aliphatic rings. The summed E-state index contributed by atoms with van der Waals surface area (Å²) in [5, 5.41) is 13.4. The molecule has 0 bridgehead atoms. The first-order chi connectivity index (χ1) is 10.2. The maximum atomic E-state index is 10.0. The summed E-state index contributed by atoms with van der Waals surface area (Å²) in [6.45, 7) is 6.69. The van der Waals surface area contributed by atoms with Crippen LogP contribution in [0.3, 0.4) is 0 Å². The van der Waals surface area contributed by atoms with Crippen LogP contribution in [0, 0.1) is 6.92 Å². The highest BCUT2D eigenvalue weighted by Gasteiger charge is 2.16. The van der Waals surface area contributed by atoms with Crippen molar-refractivity contribution in [3.63, 3.8) is 0 Å². The molecule has 2 rings (SSSR count). The number of benzene rings is 1. The number of hydrogen-bond donors (Lipinski definition) is 2. The lowest BCUT2D eigenvalue weighted by atomic mass is 10.0. The Bertz CT molecular complexity index is 418. The fourth-order valence-electron chi connectivity index (χ4n) is 2.64. The molecule has 1 heterocycles. The molecule has 0 saturated carbocycles. The van der Waals surface area contributed by atoms with E-state index < -0.39 is 6.10 Å². The number of ether oxygens (including phenoxy) is 2. The predicted molar refractivity (Wildman–Crippen MR) is 83.4 cm³/mol. The van der Waals surface area contributed by atoms with Crippen molar-refractivity contribution in [2.45, 2.75) is 44.9 Å². The molecular weight excluding hydrogens is 266 g/mol. The van der Waals surface area contributed by atoms with E-state index in [1.54, 1.807) is 0 Å². The molecule has 1 aliphatic heterocycles. The Morgan fingerprint density at radius 2 is 2.05 bits per heavy atom. The van der Waals surface area contributed by atoms with Gasteiger partial charge in [0.05, 0.1) is 18.8 Å². The summed E-state index contributed by atoms with van der Waals surface area (Å²) >= 11 is 0. The Labute approximate surface area is 127 Å². The summed E-state index contributed by atoms with van der Waals surface area (Å²) in [5.74, 6) is 0. The molecule has 1 fully saturated rings. The number of aryl methyl sites for hydroxylation is 1. The Morgan fingerprint density at radius 3 is 2.76 bits per heavy atom. The van der Waals surface area contributed by atoms with Crippen molar-refractivity contribution < 1.29 is 14.6 Å². The highest BCUT2D eigenvalue weighted by atomic mass is 16.5. The summed E-state index contributed by atoms with van der Waals surface area (Å²) in [5.41, 5.74) is 2.54. The van der Waals surface area contributed by atoms with E-state index in [1.165, 1.54) is 11.1 Å². The molecule has 1 saturated heterocycles. The highest BCUT2D eigenvalue weighted by Crippen LogP contribution is 2.16. The second-order valence-electron chi connectivity index (χ2n) is 5.79. The minimum atomic E-state index is -0.473. The molecule has 0 spiro atoms. The standard InChI is InChI=1S/C17H27NO3/c1-13-5-3-4-6-17(13)14(2)18-11-15(19)12-21-16-7-9-20-10-8-16/h3-6,14-16,18-19H,7-12H2,1-2H3. The molecule has 0 amide bonds. The SMILES string of the molecule is Cc1ccccc1C(C)NCC(O)COC1CCOCC1. The molecule has 0 aromatic heterocycles. The third-order valence-electron chi connectivity index (χ3n) is 4.01. The number of aliphatic hydroxyl groups excluding tert-OH is 1. The molecule has 118 valence electrons. The fourth-order valence-corrected chi connectivity index (χ4v) is 2.64. The van der Waals surface area contributed by atoms with Gasteiger partial charge in [-0.2, -0.15) is 0 Å². The number of aliphatic hydroxyl groups is 1. The Balaban J connectivity index is 1.68. The van der Waals surface area contributed by atoms with Gasteiger partial charge in [-0.25, -0.2) is 0 Å². The van der Waals surface area contributed by atoms with Crippen molar-refractivity contribution in [2.75, 3.05) is 26.4 Å². The van der Waals surface area contributed by atoms with Crippen molar-refractivity contribution >= 4 is 0 Å². The van der Waals surface area contributed by atoms with Crippen molar-refractivity contribution in [2.24, 2.45) is 0 Å². The molecule has 21 heavy (non-hydrogen) atoms. The van der Waals surface area contributed by atoms with Gasteiger partial charge < -0.3 is 19.9 Å². The van der Waals surface area contributed by atoms with E-state index >= 15 is 0 Å². The molecule has 1 aromatic rings. The van der Waals surface area contributed by atoms with Crippen molar-refractivity contribution in [3.05, 3.63) is 35.4 Å². The van der Waals surface area contributed by atoms with E-state index in [4.69, 9.17) is 9.47 Å². The normalized spacial score (nSPS) is 19.4. The van der Waals surface area contributed by atoms with Crippen molar-refractivity contribution in [1.29, 1.82) is 0 Å². The topological polar surface area (TPSA) is 50.7 Å². The number of nitrogens with one attached hydrogen (secondary N) is 1. The van der Waals surface area contributed by atoms with E-state index in [-0.39, 0.29) is 12.1 Å². The van der Waals surface area contributed by atoms with Gasteiger partial charge in [-0.05, 0) is 37.8 Å². The number of hydrogen-bond acceptors (Lipinski definition) is 4. The largest absolute Gasteiger partial charge is 0.389 e. The van der Waals surface area contributed by atoms with E-state index in [1.807, 2.05) is 12.1 Å². The van der Waals surface area contributed by atoms with Crippen LogP contribution in [0.15, 0.2) is 24.3 Å². The van der Waals surface area contributed by atoms with Gasteiger partial charge in [0.2, 0.25) is 0 Å². The highest BCUT2D eigenvalue weighted by molar-refractivity contribution is 5.28. The van der Waals surface area contributed by atoms with Crippen molar-refractivity contribution in [1.82, 2.24) is 5.32 Å². The van der Waals surface area contributed by atoms with Crippen molar-refractivity contribution in [3.8, 4) is 0 Å². The lowest BCUT2D eigenvalue weighted by molar-refractivity contribution is -0.0588. The zero-order valence-corrected chi connectivity index (χ0v) is 13.0. The Morgan fingerprint density at radius 1 is 1.33 bits per heavy atom. The lowest BCUT2D eigenvalue weighted by Crippen LogP contribution is -2.34. The molecule has 2 unspecified atom stereocenters. The molecular formula is C17H27NO3. The van der Waals surface area contributed by atoms with Crippen LogP contribution in [0.5, 0.6) is 0 Å². The van der Waals surface area contributed by atoms with Gasteiger partial charge in [-0.3, -0.25) is 0 Å². The molecule has 1 aromatic carbocycles. The number of rotatable bonds is 7. The summed E-state index contributed by atoms with van der Waals surface area (Å²) in [6, 6.07) is 8.55. The first-order valence-corrected chi connectivity index (χ1v) is 7.83. The summed E-state index contributed by atoms with van der Waals surface area (Å²) < 4.78 is 11.0. The maximum absolute atomic E-state index is 10.0. The van der Waals surface area contributed by atoms with Gasteiger partial charge in [-0.1, -0.05) is 24.3 Å². The van der Waals surface area contributed by atoms with Crippen LogP contribution in [-0.4, -0.2) is 43.7 Å². The third-order valence-corrected chi connectivity index (χ3v) is 4.01. The zero-order valence-electron chi connectivity index (χ0n) is 13.0. The van der Waals surface area contributed by atoms with Crippen LogP contribution in [0.2, 0.25) is 0 Å². The summed E-state index contributed by atoms with van der Waals surface area (Å²) in [4.78, 5) is 0. The Hall–Kier alpha value is -0.940. The van der Waals surface area contributed by atoms with Gasteiger partial charge in [0.15, 0.2) is 0 Å². The third kappa shape index (κ3) is 5.40. The van der Waals surface area contributed by atoms with Gasteiger partial charge in [0, 0.05) is 25.8 Å². The van der Waals surface area contributed by atoms with Crippen LogP contribution < -0.4 is 5.32 Å². The van der Waals surface area contributed by atoms with Crippen LogP contribution >= 0.6 is 0 Å². The minimum absolute atomic E-state index is 0.226. The molecule has 4 nitrogen and oxygen atoms in total. The molecule has 2 N–H and O–H groups in total. The Kier molecular flexibility index (Phi) is 6.64. The van der Waals surface area contributed by atoms with E-state index in [0.717, 1.165) is 26.1 Å². The fraction of sp³-hybridized carbons (Fsp3) is 0.647. The van der Waals surface area contributed by atoms with Crippen LogP contribution in [0.1, 0.15) is 36.9 Å². The molecule has 0 radical (unpaired) electrons. The van der Waals surface area contributed by atoms with E-state index in [9.17, 15) is 5.11 Å². The van der Waals surface area contributed by atoms with Gasteiger partial charge in [-0.15, -0.1) is 0 Å². The van der Waals surface area contributed by atoms with E-state index in [0.29, 0.717) is 13.2 Å². The smallest absolute Gasteiger partial charge is 0.0898 e. The first kappa shape index (κ1) is 16.4. The monoisotopic (exact) mass is 293 g/mol. The second kappa shape index (κ2) is 8.49. The lowest BCUT2D eigenvalue weighted by Gasteiger charge is -2.24. The van der Waals surface area contributed by atoms with Crippen LogP contribution in [-0.2, 0) is 9.47 Å². The van der Waals surface area contributed by atoms with Gasteiger partial charge >= 0.3 is 0 Å². The molecule has 2 atom stereocenters. The summed E-state index contributed by atoms with van der Waals surface area (Å²) in [7, 11) is 0. The van der Waals surface area contributed by atoms with Crippen LogP contribution in [0.4, 0.5) is 0 Å². The minimum Gasteiger partial charge on any atom is -0.389 e. The predicted octanol–water partition coefficient (Wildman–Crippen LogP) is 2.20. The summed E-state index contributed by atoms with van der Waals surface area (Å²) in [6.07, 6.45) is 1.63. The average Bonchev–Trinajstić information content (AvgIpc) is 2.52. The quantitative estimate of drug-likeness (QED) is 0.809. The average molecular weight is 293 g/mol. The maximum Gasteiger partial charge on any atom is 0.0898 e. The molecule has 0 aliphatic carbocycles. The zero-order chi connectivity index (χ0) is 15.1. The molecule has 4 heteroatoms. The van der Waals surface area contributed by atoms with Gasteiger partial charge in [0.1, 0.15) is 0 Å². The second-order valence-corrected chi connectivity index (χ2v) is 5.79.